The van der Waals surface area contributed by atoms with Gasteiger partial charge < -0.3 is 9.32 Å². The Morgan fingerprint density at radius 2 is 2.42 bits per heavy atom. The number of aryl methyl sites for hydroxylation is 1. The summed E-state index contributed by atoms with van der Waals surface area (Å²) in [6.45, 7) is 3.75. The largest absolute Gasteiger partial charge is 0.467 e. The summed E-state index contributed by atoms with van der Waals surface area (Å²) in [5.74, 6) is 1.83. The first-order chi connectivity index (χ1) is 9.08. The van der Waals surface area contributed by atoms with E-state index in [0.29, 0.717) is 10.9 Å². The number of nitrogens with zero attached hydrogens (tertiary/aromatic N) is 3. The Kier molecular flexibility index (Phi) is 4.26. The third-order valence-electron chi connectivity index (χ3n) is 2.83. The maximum atomic E-state index is 12.1. The van der Waals surface area contributed by atoms with E-state index in [-0.39, 0.29) is 11.9 Å². The van der Waals surface area contributed by atoms with Crippen LogP contribution in [0.4, 0.5) is 0 Å². The van der Waals surface area contributed by atoms with Crippen molar-refractivity contribution in [3.05, 3.63) is 30.0 Å². The molecule has 0 saturated heterocycles. The average molecular weight is 280 g/mol. The predicted molar refractivity (Wildman–Crippen MR) is 71.7 cm³/mol. The molecule has 0 aliphatic heterocycles. The molecule has 19 heavy (non-hydrogen) atoms. The van der Waals surface area contributed by atoms with E-state index >= 15 is 0 Å². The molecule has 0 saturated carbocycles. The number of aromatic nitrogens is 3. The number of carbonyl (C=O) groups is 1. The van der Waals surface area contributed by atoms with E-state index in [1.807, 2.05) is 26.0 Å². The molecule has 1 N–H and O–H groups in total. The lowest BCUT2D eigenvalue weighted by Crippen LogP contribution is -2.30. The summed E-state index contributed by atoms with van der Waals surface area (Å²) in [4.78, 5) is 17.9. The highest BCUT2D eigenvalue weighted by molar-refractivity contribution is 7.99. The van der Waals surface area contributed by atoms with Crippen LogP contribution in [0.5, 0.6) is 0 Å². The molecule has 7 heteroatoms. The van der Waals surface area contributed by atoms with Crippen LogP contribution in [-0.4, -0.2) is 38.8 Å². The second-order valence-electron chi connectivity index (χ2n) is 4.19. The number of furan rings is 1. The number of H-pyrrole nitrogens is 1. The molecule has 2 rings (SSSR count). The van der Waals surface area contributed by atoms with Gasteiger partial charge in [-0.3, -0.25) is 9.89 Å². The van der Waals surface area contributed by atoms with E-state index in [1.54, 1.807) is 18.2 Å². The molecule has 1 atom stereocenters. The lowest BCUT2D eigenvalue weighted by molar-refractivity contribution is -0.129. The Morgan fingerprint density at radius 3 is 3.00 bits per heavy atom. The number of nitrogens with one attached hydrogen (secondary N) is 1. The van der Waals surface area contributed by atoms with E-state index in [9.17, 15) is 4.79 Å². The van der Waals surface area contributed by atoms with Crippen molar-refractivity contribution < 1.29 is 9.21 Å². The van der Waals surface area contributed by atoms with Crippen LogP contribution in [0.25, 0.3) is 0 Å². The van der Waals surface area contributed by atoms with Gasteiger partial charge in [-0.2, -0.15) is 0 Å². The van der Waals surface area contributed by atoms with E-state index in [0.717, 1.165) is 11.6 Å². The Labute approximate surface area is 115 Å². The summed E-state index contributed by atoms with van der Waals surface area (Å²) in [6.07, 6.45) is 1.61. The van der Waals surface area contributed by atoms with Crippen LogP contribution in [0.2, 0.25) is 0 Å². The van der Waals surface area contributed by atoms with Crippen LogP contribution in [0.15, 0.2) is 28.0 Å². The molecule has 102 valence electrons. The molecule has 0 fully saturated rings. The van der Waals surface area contributed by atoms with Gasteiger partial charge in [0.2, 0.25) is 11.1 Å². The summed E-state index contributed by atoms with van der Waals surface area (Å²) >= 11 is 1.32. The third-order valence-corrected chi connectivity index (χ3v) is 3.66. The van der Waals surface area contributed by atoms with Crippen LogP contribution in [0.1, 0.15) is 24.6 Å². The van der Waals surface area contributed by atoms with Gasteiger partial charge >= 0.3 is 0 Å². The number of amides is 1. The Morgan fingerprint density at radius 1 is 1.63 bits per heavy atom. The third kappa shape index (κ3) is 3.37. The van der Waals surface area contributed by atoms with Gasteiger partial charge in [0, 0.05) is 7.05 Å². The monoisotopic (exact) mass is 280 g/mol. The highest BCUT2D eigenvalue weighted by Gasteiger charge is 2.19. The minimum atomic E-state index is -0.0861. The topological polar surface area (TPSA) is 75.0 Å². The van der Waals surface area contributed by atoms with E-state index in [1.165, 1.54) is 11.8 Å². The maximum Gasteiger partial charge on any atom is 0.233 e. The Bertz CT molecular complexity index is 538. The van der Waals surface area contributed by atoms with Crippen molar-refractivity contribution in [1.29, 1.82) is 0 Å². The number of carbonyl (C=O) groups excluding carboxylic acids is 1. The highest BCUT2D eigenvalue weighted by Crippen LogP contribution is 2.21. The van der Waals surface area contributed by atoms with E-state index < -0.39 is 0 Å². The molecule has 0 aliphatic carbocycles. The van der Waals surface area contributed by atoms with Gasteiger partial charge in [-0.05, 0) is 26.0 Å². The molecule has 2 aromatic heterocycles. The maximum absolute atomic E-state index is 12.1. The van der Waals surface area contributed by atoms with Gasteiger partial charge in [0.05, 0.1) is 18.1 Å². The fourth-order valence-electron chi connectivity index (χ4n) is 1.55. The molecule has 6 nitrogen and oxygen atoms in total. The fourth-order valence-corrected chi connectivity index (χ4v) is 2.32. The molecule has 0 aliphatic rings. The van der Waals surface area contributed by atoms with E-state index in [4.69, 9.17) is 4.42 Å². The normalized spacial score (nSPS) is 12.4. The average Bonchev–Trinajstić information content (AvgIpc) is 3.05. The second kappa shape index (κ2) is 5.92. The second-order valence-corrected chi connectivity index (χ2v) is 5.13. The van der Waals surface area contributed by atoms with Gasteiger partial charge in [0.15, 0.2) is 0 Å². The van der Waals surface area contributed by atoms with Crippen molar-refractivity contribution in [2.24, 2.45) is 0 Å². The standard InChI is InChI=1S/C12H16N4O2S/c1-8(10-5-4-6-18-10)16(3)11(17)7-19-12-13-9(2)14-15-12/h4-6,8H,7H2,1-3H3,(H,13,14,15)/t8-/m1/s1. The number of hydrogen-bond acceptors (Lipinski definition) is 5. The van der Waals surface area contributed by atoms with Crippen LogP contribution in [0, 0.1) is 6.92 Å². The molecule has 0 unspecified atom stereocenters. The summed E-state index contributed by atoms with van der Waals surface area (Å²) in [5, 5.41) is 7.31. The summed E-state index contributed by atoms with van der Waals surface area (Å²) in [6, 6.07) is 3.59. The van der Waals surface area contributed by atoms with Crippen LogP contribution >= 0.6 is 11.8 Å². The molecular formula is C12H16N4O2S. The van der Waals surface area contributed by atoms with Crippen molar-refractivity contribution in [2.45, 2.75) is 25.0 Å². The predicted octanol–water partition coefficient (Wildman–Crippen LogP) is 2.02. The first-order valence-electron chi connectivity index (χ1n) is 5.89. The minimum absolute atomic E-state index is 0.0105. The minimum Gasteiger partial charge on any atom is -0.467 e. The van der Waals surface area contributed by atoms with Gasteiger partial charge in [-0.15, -0.1) is 5.10 Å². The van der Waals surface area contributed by atoms with Crippen molar-refractivity contribution in [3.8, 4) is 0 Å². The van der Waals surface area contributed by atoms with Crippen LogP contribution < -0.4 is 0 Å². The van der Waals surface area contributed by atoms with Crippen LogP contribution in [0.3, 0.4) is 0 Å². The molecule has 0 aromatic carbocycles. The first kappa shape index (κ1) is 13.7. The highest BCUT2D eigenvalue weighted by atomic mass is 32.2. The fraction of sp³-hybridized carbons (Fsp3) is 0.417. The molecule has 0 radical (unpaired) electrons. The quantitative estimate of drug-likeness (QED) is 0.848. The summed E-state index contributed by atoms with van der Waals surface area (Å²) in [5.41, 5.74) is 0. The molecular weight excluding hydrogens is 264 g/mol. The number of thioether (sulfide) groups is 1. The van der Waals surface area contributed by atoms with Crippen molar-refractivity contribution in [3.63, 3.8) is 0 Å². The van der Waals surface area contributed by atoms with Crippen molar-refractivity contribution in [1.82, 2.24) is 20.1 Å². The van der Waals surface area contributed by atoms with Crippen molar-refractivity contribution >= 4 is 17.7 Å². The number of hydrogen-bond donors (Lipinski definition) is 1. The number of rotatable bonds is 5. The Hall–Kier alpha value is -1.76. The smallest absolute Gasteiger partial charge is 0.233 e. The van der Waals surface area contributed by atoms with Gasteiger partial charge in [-0.25, -0.2) is 4.98 Å². The van der Waals surface area contributed by atoms with Gasteiger partial charge in [0.25, 0.3) is 0 Å². The van der Waals surface area contributed by atoms with Gasteiger partial charge in [0.1, 0.15) is 11.6 Å². The SMILES string of the molecule is Cc1nc(SCC(=O)N(C)[C@H](C)c2ccco2)n[nH]1. The van der Waals surface area contributed by atoms with Gasteiger partial charge in [-0.1, -0.05) is 11.8 Å². The molecule has 2 heterocycles. The zero-order valence-electron chi connectivity index (χ0n) is 11.1. The Balaban J connectivity index is 1.89. The first-order valence-corrected chi connectivity index (χ1v) is 6.87. The zero-order chi connectivity index (χ0) is 13.8. The molecule has 1 amide bonds. The molecule has 0 spiro atoms. The summed E-state index contributed by atoms with van der Waals surface area (Å²) < 4.78 is 5.30. The lowest BCUT2D eigenvalue weighted by atomic mass is 10.2. The molecule has 0 bridgehead atoms. The number of aromatic amines is 1. The van der Waals surface area contributed by atoms with Crippen LogP contribution in [-0.2, 0) is 4.79 Å². The lowest BCUT2D eigenvalue weighted by Gasteiger charge is -2.22. The zero-order valence-corrected chi connectivity index (χ0v) is 11.9. The molecule has 2 aromatic rings. The van der Waals surface area contributed by atoms with E-state index in [2.05, 4.69) is 15.2 Å². The summed E-state index contributed by atoms with van der Waals surface area (Å²) in [7, 11) is 1.76. The van der Waals surface area contributed by atoms with Crippen molar-refractivity contribution in [2.75, 3.05) is 12.8 Å².